The van der Waals surface area contributed by atoms with Crippen molar-refractivity contribution in [1.29, 1.82) is 0 Å². The molecule has 1 N–H and O–H groups in total. The van der Waals surface area contributed by atoms with Crippen LogP contribution in [0.15, 0.2) is 12.1 Å². The maximum atomic E-state index is 8.86. The van der Waals surface area contributed by atoms with E-state index in [4.69, 9.17) is 5.11 Å². The monoisotopic (exact) mass is 225 g/mol. The van der Waals surface area contributed by atoms with Gasteiger partial charge >= 0.3 is 0 Å². The Balaban J connectivity index is 2.01. The molecule has 15 heavy (non-hydrogen) atoms. The molecule has 0 spiro atoms. The molecule has 1 unspecified atom stereocenters. The molecule has 1 atom stereocenters. The Morgan fingerprint density at radius 3 is 3.07 bits per heavy atom. The molecule has 1 aromatic rings. The van der Waals surface area contributed by atoms with Crippen LogP contribution in [-0.4, -0.2) is 29.7 Å². The van der Waals surface area contributed by atoms with E-state index in [0.29, 0.717) is 12.6 Å². The Labute approximate surface area is 95.5 Å². The maximum Gasteiger partial charge on any atom is 0.0443 e. The Morgan fingerprint density at radius 1 is 1.53 bits per heavy atom. The average molecular weight is 225 g/mol. The third-order valence-corrected chi connectivity index (χ3v) is 4.16. The fourth-order valence-electron chi connectivity index (χ4n) is 2.32. The van der Waals surface area contributed by atoms with Gasteiger partial charge < -0.3 is 5.11 Å². The van der Waals surface area contributed by atoms with Crippen molar-refractivity contribution in [1.82, 2.24) is 4.90 Å². The molecule has 1 aliphatic rings. The highest BCUT2D eigenvalue weighted by Crippen LogP contribution is 2.35. The molecular formula is C12H19NOS. The number of hydrogen-bond donors (Lipinski definition) is 1. The molecule has 1 aliphatic heterocycles. The highest BCUT2D eigenvalue weighted by atomic mass is 32.1. The molecule has 0 saturated carbocycles. The second-order valence-corrected chi connectivity index (χ2v) is 5.54. The van der Waals surface area contributed by atoms with E-state index in [9.17, 15) is 0 Å². The van der Waals surface area contributed by atoms with Crippen molar-refractivity contribution in [2.24, 2.45) is 0 Å². The number of nitrogens with zero attached hydrogens (tertiary/aromatic N) is 1. The zero-order valence-electron chi connectivity index (χ0n) is 9.28. The highest BCUT2D eigenvalue weighted by molar-refractivity contribution is 7.12. The predicted octanol–water partition coefficient (Wildman–Crippen LogP) is 2.58. The summed E-state index contributed by atoms with van der Waals surface area (Å²) >= 11 is 1.92. The summed E-state index contributed by atoms with van der Waals surface area (Å²) in [4.78, 5) is 5.42. The number of aliphatic hydroxyl groups is 1. The lowest BCUT2D eigenvalue weighted by Crippen LogP contribution is -2.24. The van der Waals surface area contributed by atoms with Gasteiger partial charge in [0.15, 0.2) is 0 Å². The number of rotatable bonds is 4. The molecular weight excluding hydrogens is 206 g/mol. The standard InChI is InChI=1S/C12H19NOS/c1-10-5-6-12(15-10)11-4-2-7-13(11)8-3-9-14/h5-6,11,14H,2-4,7-9H2,1H3. The van der Waals surface area contributed by atoms with Crippen LogP contribution in [0.1, 0.15) is 35.1 Å². The van der Waals surface area contributed by atoms with E-state index < -0.39 is 0 Å². The summed E-state index contributed by atoms with van der Waals surface area (Å²) in [5.41, 5.74) is 0. The zero-order chi connectivity index (χ0) is 10.7. The lowest BCUT2D eigenvalue weighted by atomic mass is 10.2. The molecule has 1 aromatic heterocycles. The minimum atomic E-state index is 0.312. The maximum absolute atomic E-state index is 8.86. The minimum Gasteiger partial charge on any atom is -0.396 e. The first-order chi connectivity index (χ1) is 7.31. The Hall–Kier alpha value is -0.380. The number of aliphatic hydroxyl groups excluding tert-OH is 1. The van der Waals surface area contributed by atoms with Gasteiger partial charge in [0.25, 0.3) is 0 Å². The fourth-order valence-corrected chi connectivity index (χ4v) is 3.37. The van der Waals surface area contributed by atoms with Gasteiger partial charge in [0.05, 0.1) is 0 Å². The summed E-state index contributed by atoms with van der Waals surface area (Å²) in [5.74, 6) is 0. The minimum absolute atomic E-state index is 0.312. The van der Waals surface area contributed by atoms with Crippen LogP contribution < -0.4 is 0 Å². The number of hydrogen-bond acceptors (Lipinski definition) is 3. The van der Waals surface area contributed by atoms with Crippen LogP contribution in [-0.2, 0) is 0 Å². The molecule has 84 valence electrons. The van der Waals surface area contributed by atoms with Gasteiger partial charge in [-0.15, -0.1) is 11.3 Å². The molecule has 2 heterocycles. The normalized spacial score (nSPS) is 22.4. The Bertz CT molecular complexity index is 310. The molecule has 0 aliphatic carbocycles. The second-order valence-electron chi connectivity index (χ2n) is 4.22. The van der Waals surface area contributed by atoms with Gasteiger partial charge in [0.1, 0.15) is 0 Å². The zero-order valence-corrected chi connectivity index (χ0v) is 10.1. The van der Waals surface area contributed by atoms with Gasteiger partial charge in [-0.3, -0.25) is 4.90 Å². The average Bonchev–Trinajstić information content (AvgIpc) is 2.82. The van der Waals surface area contributed by atoms with Crippen LogP contribution in [0, 0.1) is 6.92 Å². The van der Waals surface area contributed by atoms with Gasteiger partial charge in [0.2, 0.25) is 0 Å². The van der Waals surface area contributed by atoms with Crippen molar-refractivity contribution in [3.63, 3.8) is 0 Å². The summed E-state index contributed by atoms with van der Waals surface area (Å²) in [6, 6.07) is 5.10. The van der Waals surface area contributed by atoms with E-state index in [-0.39, 0.29) is 0 Å². The van der Waals surface area contributed by atoms with E-state index in [1.54, 1.807) is 0 Å². The van der Waals surface area contributed by atoms with Crippen LogP contribution in [0.25, 0.3) is 0 Å². The molecule has 2 rings (SSSR count). The van der Waals surface area contributed by atoms with Crippen LogP contribution in [0.3, 0.4) is 0 Å². The van der Waals surface area contributed by atoms with Crippen molar-refractivity contribution < 1.29 is 5.11 Å². The first-order valence-electron chi connectivity index (χ1n) is 5.72. The number of aryl methyl sites for hydroxylation is 1. The van der Waals surface area contributed by atoms with Crippen LogP contribution in [0.5, 0.6) is 0 Å². The van der Waals surface area contributed by atoms with Crippen LogP contribution >= 0.6 is 11.3 Å². The summed E-state index contributed by atoms with van der Waals surface area (Å²) in [7, 11) is 0. The Kier molecular flexibility index (Phi) is 3.78. The van der Waals surface area contributed by atoms with Gasteiger partial charge in [-0.25, -0.2) is 0 Å². The lowest BCUT2D eigenvalue weighted by molar-refractivity contribution is 0.215. The third-order valence-electron chi connectivity index (χ3n) is 3.06. The van der Waals surface area contributed by atoms with Crippen LogP contribution in [0.4, 0.5) is 0 Å². The summed E-state index contributed by atoms with van der Waals surface area (Å²) in [5, 5.41) is 8.86. The SMILES string of the molecule is Cc1ccc(C2CCCN2CCCO)s1. The van der Waals surface area contributed by atoms with Crippen molar-refractivity contribution >= 4 is 11.3 Å². The van der Waals surface area contributed by atoms with Crippen molar-refractivity contribution in [3.8, 4) is 0 Å². The van der Waals surface area contributed by atoms with E-state index >= 15 is 0 Å². The molecule has 1 fully saturated rings. The summed E-state index contributed by atoms with van der Waals surface area (Å²) in [6.45, 7) is 4.72. The van der Waals surface area contributed by atoms with Crippen molar-refractivity contribution in [3.05, 3.63) is 21.9 Å². The molecule has 3 heteroatoms. The molecule has 2 nitrogen and oxygen atoms in total. The second kappa shape index (κ2) is 5.10. The number of thiophene rings is 1. The van der Waals surface area contributed by atoms with E-state index in [2.05, 4.69) is 24.0 Å². The first kappa shape index (κ1) is 11.1. The quantitative estimate of drug-likeness (QED) is 0.851. The third kappa shape index (κ3) is 2.60. The predicted molar refractivity (Wildman–Crippen MR) is 64.3 cm³/mol. The van der Waals surface area contributed by atoms with E-state index in [0.717, 1.165) is 13.0 Å². The fraction of sp³-hybridized carbons (Fsp3) is 0.667. The molecule has 1 saturated heterocycles. The van der Waals surface area contributed by atoms with Gasteiger partial charge in [-0.2, -0.15) is 0 Å². The van der Waals surface area contributed by atoms with Crippen LogP contribution in [0.2, 0.25) is 0 Å². The first-order valence-corrected chi connectivity index (χ1v) is 6.54. The van der Waals surface area contributed by atoms with Gasteiger partial charge in [-0.05, 0) is 44.9 Å². The lowest BCUT2D eigenvalue weighted by Gasteiger charge is -2.22. The molecule has 0 radical (unpaired) electrons. The van der Waals surface area contributed by atoms with E-state index in [1.807, 2.05) is 11.3 Å². The summed E-state index contributed by atoms with van der Waals surface area (Å²) < 4.78 is 0. The largest absolute Gasteiger partial charge is 0.396 e. The van der Waals surface area contributed by atoms with Gasteiger partial charge in [0, 0.05) is 28.9 Å². The van der Waals surface area contributed by atoms with Crippen molar-refractivity contribution in [2.75, 3.05) is 19.7 Å². The number of likely N-dealkylation sites (tertiary alicyclic amines) is 1. The topological polar surface area (TPSA) is 23.5 Å². The highest BCUT2D eigenvalue weighted by Gasteiger charge is 2.26. The molecule has 0 bridgehead atoms. The molecule has 0 amide bonds. The van der Waals surface area contributed by atoms with Crippen molar-refractivity contribution in [2.45, 2.75) is 32.2 Å². The Morgan fingerprint density at radius 2 is 2.40 bits per heavy atom. The van der Waals surface area contributed by atoms with E-state index in [1.165, 1.54) is 29.1 Å². The summed E-state index contributed by atoms with van der Waals surface area (Å²) in [6.07, 6.45) is 3.49. The van der Waals surface area contributed by atoms with Gasteiger partial charge in [-0.1, -0.05) is 0 Å². The molecule has 0 aromatic carbocycles. The smallest absolute Gasteiger partial charge is 0.0443 e.